The van der Waals surface area contributed by atoms with Crippen molar-refractivity contribution in [3.8, 4) is 0 Å². The molecule has 0 aromatic heterocycles. The minimum absolute atomic E-state index is 0.106. The Morgan fingerprint density at radius 1 is 0.750 bits per heavy atom. The van der Waals surface area contributed by atoms with Crippen molar-refractivity contribution in [1.82, 2.24) is 0 Å². The smallest absolute Gasteiger partial charge is 0.367 e. The SMILES string of the molecule is CCc1ccccc1[Si](OC(C)CC)(OC(C)CC)OC(C)CC. The quantitative estimate of drug-likeness (QED) is 0.533. The van der Waals surface area contributed by atoms with Gasteiger partial charge in [-0.05, 0) is 52.0 Å². The summed E-state index contributed by atoms with van der Waals surface area (Å²) in [6.45, 7) is 14.9. The molecule has 0 radical (unpaired) electrons. The van der Waals surface area contributed by atoms with Crippen molar-refractivity contribution in [3.63, 3.8) is 0 Å². The molecule has 0 saturated heterocycles. The van der Waals surface area contributed by atoms with E-state index in [0.29, 0.717) is 0 Å². The van der Waals surface area contributed by atoms with Gasteiger partial charge in [0.2, 0.25) is 0 Å². The molecule has 0 saturated carbocycles. The van der Waals surface area contributed by atoms with Crippen LogP contribution in [0.25, 0.3) is 0 Å². The highest BCUT2D eigenvalue weighted by Gasteiger charge is 2.48. The molecule has 0 aliphatic rings. The van der Waals surface area contributed by atoms with Crippen LogP contribution in [-0.4, -0.2) is 27.1 Å². The van der Waals surface area contributed by atoms with Crippen LogP contribution >= 0.6 is 0 Å². The molecule has 0 N–H and O–H groups in total. The lowest BCUT2D eigenvalue weighted by atomic mass is 10.2. The molecule has 0 aliphatic carbocycles. The van der Waals surface area contributed by atoms with Crippen LogP contribution in [0.2, 0.25) is 0 Å². The van der Waals surface area contributed by atoms with Crippen molar-refractivity contribution in [1.29, 1.82) is 0 Å². The number of aryl methyl sites for hydroxylation is 1. The first kappa shape index (κ1) is 21.4. The van der Waals surface area contributed by atoms with Crippen molar-refractivity contribution in [3.05, 3.63) is 29.8 Å². The predicted molar refractivity (Wildman–Crippen MR) is 104 cm³/mol. The van der Waals surface area contributed by atoms with Gasteiger partial charge in [-0.15, -0.1) is 0 Å². The van der Waals surface area contributed by atoms with Crippen LogP contribution in [0.1, 0.15) is 73.3 Å². The molecule has 0 heterocycles. The Hall–Kier alpha value is -0.683. The van der Waals surface area contributed by atoms with Gasteiger partial charge in [-0.2, -0.15) is 0 Å². The van der Waals surface area contributed by atoms with Gasteiger partial charge in [0.25, 0.3) is 0 Å². The van der Waals surface area contributed by atoms with Gasteiger partial charge in [0, 0.05) is 23.5 Å². The van der Waals surface area contributed by atoms with Crippen molar-refractivity contribution in [2.75, 3.05) is 0 Å². The van der Waals surface area contributed by atoms with E-state index < -0.39 is 8.80 Å². The van der Waals surface area contributed by atoms with Gasteiger partial charge in [-0.1, -0.05) is 52.0 Å². The molecule has 0 aliphatic heterocycles. The molecule has 3 nitrogen and oxygen atoms in total. The molecule has 1 aromatic carbocycles. The van der Waals surface area contributed by atoms with Crippen molar-refractivity contribution in [2.45, 2.75) is 92.5 Å². The molecule has 0 bridgehead atoms. The highest BCUT2D eigenvalue weighted by molar-refractivity contribution is 6.76. The Morgan fingerprint density at radius 3 is 1.54 bits per heavy atom. The van der Waals surface area contributed by atoms with Crippen molar-refractivity contribution in [2.24, 2.45) is 0 Å². The summed E-state index contributed by atoms with van der Waals surface area (Å²) in [4.78, 5) is 0. The van der Waals surface area contributed by atoms with Gasteiger partial charge in [0.05, 0.1) is 0 Å². The number of hydrogen-bond acceptors (Lipinski definition) is 3. The average molecular weight is 353 g/mol. The summed E-state index contributed by atoms with van der Waals surface area (Å²) in [5.41, 5.74) is 1.26. The summed E-state index contributed by atoms with van der Waals surface area (Å²) in [6.07, 6.45) is 4.09. The van der Waals surface area contributed by atoms with E-state index in [1.807, 2.05) is 0 Å². The Morgan fingerprint density at radius 2 is 1.17 bits per heavy atom. The van der Waals surface area contributed by atoms with Crippen LogP contribution in [0.4, 0.5) is 0 Å². The molecule has 24 heavy (non-hydrogen) atoms. The van der Waals surface area contributed by atoms with Crippen molar-refractivity contribution >= 4 is 14.0 Å². The Labute approximate surface area is 150 Å². The average Bonchev–Trinajstić information content (AvgIpc) is 2.60. The van der Waals surface area contributed by atoms with Gasteiger partial charge < -0.3 is 13.3 Å². The van der Waals surface area contributed by atoms with Crippen LogP contribution in [-0.2, 0) is 19.7 Å². The van der Waals surface area contributed by atoms with E-state index in [4.69, 9.17) is 13.3 Å². The van der Waals surface area contributed by atoms with Crippen LogP contribution in [0.5, 0.6) is 0 Å². The zero-order valence-electron chi connectivity index (χ0n) is 16.6. The van der Waals surface area contributed by atoms with Crippen molar-refractivity contribution < 1.29 is 13.3 Å². The third-order valence-corrected chi connectivity index (χ3v) is 7.81. The molecule has 0 amide bonds. The Kier molecular flexibility index (Phi) is 9.20. The minimum Gasteiger partial charge on any atom is -0.367 e. The van der Waals surface area contributed by atoms with E-state index in [9.17, 15) is 0 Å². The molecular weight excluding hydrogens is 316 g/mol. The first-order valence-corrected chi connectivity index (χ1v) is 11.3. The molecule has 0 spiro atoms. The predicted octanol–water partition coefficient (Wildman–Crippen LogP) is 4.84. The van der Waals surface area contributed by atoms with Gasteiger partial charge in [0.1, 0.15) is 0 Å². The highest BCUT2D eigenvalue weighted by atomic mass is 28.4. The minimum atomic E-state index is -2.99. The standard InChI is InChI=1S/C20H36O3Si/c1-8-16(5)21-24(22-17(6)9-2,23-18(7)10-3)20-15-13-12-14-19(20)11-4/h12-18H,8-11H2,1-7H3. The summed E-state index contributed by atoms with van der Waals surface area (Å²) in [7, 11) is -2.99. The second-order valence-corrected chi connectivity index (χ2v) is 8.94. The fourth-order valence-corrected chi connectivity index (χ4v) is 6.04. The maximum atomic E-state index is 6.56. The lowest BCUT2D eigenvalue weighted by Crippen LogP contribution is -2.61. The number of rotatable bonds is 11. The largest absolute Gasteiger partial charge is 0.538 e. The lowest BCUT2D eigenvalue weighted by Gasteiger charge is -2.37. The van der Waals surface area contributed by atoms with E-state index in [-0.39, 0.29) is 18.3 Å². The van der Waals surface area contributed by atoms with Gasteiger partial charge >= 0.3 is 8.80 Å². The molecule has 0 fully saturated rings. The molecule has 1 rings (SSSR count). The Balaban J connectivity index is 3.41. The molecule has 3 unspecified atom stereocenters. The summed E-state index contributed by atoms with van der Waals surface area (Å²) < 4.78 is 19.7. The highest BCUT2D eigenvalue weighted by Crippen LogP contribution is 2.22. The van der Waals surface area contributed by atoms with Gasteiger partial charge in [-0.25, -0.2) is 0 Å². The molecular formula is C20H36O3Si. The summed E-state index contributed by atoms with van der Waals surface area (Å²) in [6, 6.07) is 8.45. The third kappa shape index (κ3) is 5.69. The third-order valence-electron chi connectivity index (χ3n) is 4.52. The summed E-state index contributed by atoms with van der Waals surface area (Å²) in [5.74, 6) is 0. The molecule has 138 valence electrons. The fraction of sp³-hybridized carbons (Fsp3) is 0.700. The van der Waals surface area contributed by atoms with E-state index in [0.717, 1.165) is 30.9 Å². The van der Waals surface area contributed by atoms with E-state index in [1.54, 1.807) is 0 Å². The van der Waals surface area contributed by atoms with Crippen LogP contribution < -0.4 is 5.19 Å². The molecule has 4 heteroatoms. The molecule has 1 aromatic rings. The monoisotopic (exact) mass is 352 g/mol. The zero-order chi connectivity index (χ0) is 18.2. The van der Waals surface area contributed by atoms with E-state index >= 15 is 0 Å². The number of hydrogen-bond donors (Lipinski definition) is 0. The fourth-order valence-electron chi connectivity index (χ4n) is 2.45. The second-order valence-electron chi connectivity index (χ2n) is 6.58. The van der Waals surface area contributed by atoms with Gasteiger partial charge in [0.15, 0.2) is 0 Å². The lowest BCUT2D eigenvalue weighted by molar-refractivity contribution is 0.000649. The van der Waals surface area contributed by atoms with E-state index in [1.165, 1.54) is 5.56 Å². The Bertz CT molecular complexity index is 446. The van der Waals surface area contributed by atoms with Crippen LogP contribution in [0.15, 0.2) is 24.3 Å². The maximum absolute atomic E-state index is 6.56. The van der Waals surface area contributed by atoms with Gasteiger partial charge in [-0.3, -0.25) is 0 Å². The number of benzene rings is 1. The summed E-state index contributed by atoms with van der Waals surface area (Å²) in [5, 5.41) is 1.13. The topological polar surface area (TPSA) is 27.7 Å². The normalized spacial score (nSPS) is 18.0. The second kappa shape index (κ2) is 10.3. The first-order valence-electron chi connectivity index (χ1n) is 9.54. The first-order chi connectivity index (χ1) is 11.4. The van der Waals surface area contributed by atoms with Crippen LogP contribution in [0.3, 0.4) is 0 Å². The molecule has 3 atom stereocenters. The summed E-state index contributed by atoms with van der Waals surface area (Å²) >= 11 is 0. The van der Waals surface area contributed by atoms with E-state index in [2.05, 4.69) is 72.7 Å². The van der Waals surface area contributed by atoms with Crippen LogP contribution in [0, 0.1) is 0 Å². The maximum Gasteiger partial charge on any atom is 0.538 e. The zero-order valence-corrected chi connectivity index (χ0v) is 17.6.